The number of benzene rings is 1. The van der Waals surface area contributed by atoms with E-state index >= 15 is 0 Å². The maximum absolute atomic E-state index is 13.9. The number of aromatic nitrogens is 1. The van der Waals surface area contributed by atoms with Crippen LogP contribution in [0.5, 0.6) is 0 Å². The van der Waals surface area contributed by atoms with Crippen molar-refractivity contribution in [2.24, 2.45) is 0 Å². The maximum atomic E-state index is 13.9. The molecule has 0 aliphatic rings. The molecule has 1 heterocycles. The molecule has 2 N–H and O–H groups in total. The molecule has 0 unspecified atom stereocenters. The van der Waals surface area contributed by atoms with Crippen LogP contribution in [0.15, 0.2) is 42.6 Å². The summed E-state index contributed by atoms with van der Waals surface area (Å²) in [5.74, 6) is -4.12. The molecular formula is C15H14F2N2O2. The summed E-state index contributed by atoms with van der Waals surface area (Å²) in [4.78, 5) is 15.7. The summed E-state index contributed by atoms with van der Waals surface area (Å²) in [6.45, 7) is 0.537. The fourth-order valence-electron chi connectivity index (χ4n) is 1.76. The van der Waals surface area contributed by atoms with Gasteiger partial charge in [0, 0.05) is 5.56 Å². The predicted octanol–water partition coefficient (Wildman–Crippen LogP) is 2.92. The van der Waals surface area contributed by atoms with Crippen molar-refractivity contribution < 1.29 is 18.3 Å². The number of aryl methyl sites for hydroxylation is 1. The fraction of sp³-hybridized carbons (Fsp3) is 0.200. The van der Waals surface area contributed by atoms with Gasteiger partial charge < -0.3 is 10.5 Å². The Balaban J connectivity index is 2.09. The van der Waals surface area contributed by atoms with E-state index in [-0.39, 0.29) is 16.8 Å². The van der Waals surface area contributed by atoms with Crippen molar-refractivity contribution in [3.8, 4) is 0 Å². The third-order valence-electron chi connectivity index (χ3n) is 2.91. The molecule has 1 aromatic heterocycles. The highest BCUT2D eigenvalue weighted by Gasteiger charge is 2.33. The molecule has 0 bridgehead atoms. The molecular weight excluding hydrogens is 278 g/mol. The number of hydrogen-bond acceptors (Lipinski definition) is 4. The monoisotopic (exact) mass is 292 g/mol. The van der Waals surface area contributed by atoms with Gasteiger partial charge in [0.15, 0.2) is 6.61 Å². The van der Waals surface area contributed by atoms with Crippen LogP contribution >= 0.6 is 0 Å². The fourth-order valence-corrected chi connectivity index (χ4v) is 1.76. The van der Waals surface area contributed by atoms with Gasteiger partial charge >= 0.3 is 11.9 Å². The van der Waals surface area contributed by atoms with E-state index < -0.39 is 18.5 Å². The Morgan fingerprint density at radius 2 is 2.00 bits per heavy atom. The number of rotatable bonds is 4. The van der Waals surface area contributed by atoms with E-state index in [0.717, 1.165) is 0 Å². The lowest BCUT2D eigenvalue weighted by molar-refractivity contribution is -0.0662. The number of esters is 1. The van der Waals surface area contributed by atoms with Gasteiger partial charge in [-0.25, -0.2) is 4.79 Å². The highest BCUT2D eigenvalue weighted by molar-refractivity contribution is 5.91. The molecule has 0 atom stereocenters. The largest absolute Gasteiger partial charge is 0.455 e. The minimum absolute atomic E-state index is 0.0823. The number of pyridine rings is 1. The van der Waals surface area contributed by atoms with Crippen LogP contribution in [-0.2, 0) is 10.7 Å². The minimum Gasteiger partial charge on any atom is -0.455 e. The normalized spacial score (nSPS) is 11.2. The molecule has 21 heavy (non-hydrogen) atoms. The molecule has 2 rings (SSSR count). The van der Waals surface area contributed by atoms with E-state index in [1.165, 1.54) is 36.5 Å². The summed E-state index contributed by atoms with van der Waals surface area (Å²) in [5.41, 5.74) is 6.03. The van der Waals surface area contributed by atoms with Crippen molar-refractivity contribution in [2.75, 3.05) is 12.3 Å². The van der Waals surface area contributed by atoms with Crippen LogP contribution in [0.4, 0.5) is 14.5 Å². The average molecular weight is 292 g/mol. The van der Waals surface area contributed by atoms with Crippen molar-refractivity contribution in [1.29, 1.82) is 0 Å². The van der Waals surface area contributed by atoms with Crippen molar-refractivity contribution >= 4 is 11.7 Å². The second-order valence-electron chi connectivity index (χ2n) is 4.55. The lowest BCUT2D eigenvalue weighted by Crippen LogP contribution is -2.24. The minimum atomic E-state index is -3.25. The first-order valence-corrected chi connectivity index (χ1v) is 6.23. The molecule has 2 aromatic rings. The Morgan fingerprint density at radius 1 is 1.33 bits per heavy atom. The number of carbonyl (C=O) groups is 1. The Labute approximate surface area is 120 Å². The first-order valence-electron chi connectivity index (χ1n) is 6.23. The van der Waals surface area contributed by atoms with Gasteiger partial charge in [-0.1, -0.05) is 30.3 Å². The zero-order chi connectivity index (χ0) is 15.5. The quantitative estimate of drug-likeness (QED) is 0.880. The zero-order valence-corrected chi connectivity index (χ0v) is 11.3. The van der Waals surface area contributed by atoms with Crippen molar-refractivity contribution in [1.82, 2.24) is 4.98 Å². The number of carbonyl (C=O) groups excluding carboxylic acids is 1. The van der Waals surface area contributed by atoms with Gasteiger partial charge in [0.1, 0.15) is 0 Å². The van der Waals surface area contributed by atoms with Crippen molar-refractivity contribution in [2.45, 2.75) is 12.8 Å². The molecule has 4 nitrogen and oxygen atoms in total. The molecule has 0 aliphatic heterocycles. The molecule has 0 spiro atoms. The van der Waals surface area contributed by atoms with E-state index in [0.29, 0.717) is 5.69 Å². The third-order valence-corrected chi connectivity index (χ3v) is 2.91. The van der Waals surface area contributed by atoms with Gasteiger partial charge in [-0.15, -0.1) is 0 Å². The number of halogens is 2. The molecule has 0 saturated carbocycles. The number of alkyl halides is 2. The summed E-state index contributed by atoms with van der Waals surface area (Å²) < 4.78 is 32.5. The molecule has 0 aliphatic carbocycles. The first kappa shape index (κ1) is 14.9. The highest BCUT2D eigenvalue weighted by atomic mass is 19.3. The Morgan fingerprint density at radius 3 is 2.67 bits per heavy atom. The number of nitrogens with zero attached hydrogens (tertiary/aromatic N) is 1. The zero-order valence-electron chi connectivity index (χ0n) is 11.3. The van der Waals surface area contributed by atoms with Gasteiger partial charge in [-0.2, -0.15) is 8.78 Å². The van der Waals surface area contributed by atoms with E-state index in [9.17, 15) is 13.6 Å². The topological polar surface area (TPSA) is 65.2 Å². The summed E-state index contributed by atoms with van der Waals surface area (Å²) in [6.07, 6.45) is 1.38. The maximum Gasteiger partial charge on any atom is 0.340 e. The molecule has 0 amide bonds. The van der Waals surface area contributed by atoms with Gasteiger partial charge in [-0.05, 0) is 13.0 Å². The Kier molecular flexibility index (Phi) is 4.16. The van der Waals surface area contributed by atoms with Crippen molar-refractivity contribution in [3.05, 3.63) is 59.4 Å². The number of ether oxygens (including phenoxy) is 1. The van der Waals surface area contributed by atoms with Gasteiger partial charge in [0.2, 0.25) is 0 Å². The van der Waals surface area contributed by atoms with Crippen LogP contribution in [-0.4, -0.2) is 17.6 Å². The van der Waals surface area contributed by atoms with Crippen molar-refractivity contribution in [3.63, 3.8) is 0 Å². The lowest BCUT2D eigenvalue weighted by Gasteiger charge is -2.17. The van der Waals surface area contributed by atoms with Gasteiger partial charge in [0.25, 0.3) is 0 Å². The summed E-state index contributed by atoms with van der Waals surface area (Å²) in [7, 11) is 0. The van der Waals surface area contributed by atoms with E-state index in [1.54, 1.807) is 13.0 Å². The molecule has 0 saturated heterocycles. The predicted molar refractivity (Wildman–Crippen MR) is 74.0 cm³/mol. The first-order chi connectivity index (χ1) is 9.90. The number of hydrogen-bond donors (Lipinski definition) is 1. The number of anilines is 1. The summed E-state index contributed by atoms with van der Waals surface area (Å²) >= 11 is 0. The van der Waals surface area contributed by atoms with Crippen LogP contribution in [0.1, 0.15) is 21.6 Å². The van der Waals surface area contributed by atoms with E-state index in [2.05, 4.69) is 4.98 Å². The van der Waals surface area contributed by atoms with Crippen LogP contribution < -0.4 is 5.73 Å². The number of nitrogens with two attached hydrogens (primary N) is 1. The van der Waals surface area contributed by atoms with E-state index in [1.807, 2.05) is 0 Å². The SMILES string of the molecule is Cc1ncc(N)cc1C(=O)OCC(F)(F)c1ccccc1. The lowest BCUT2D eigenvalue weighted by atomic mass is 10.1. The summed E-state index contributed by atoms with van der Waals surface area (Å²) in [6, 6.07) is 8.54. The Hall–Kier alpha value is -2.50. The highest BCUT2D eigenvalue weighted by Crippen LogP contribution is 2.28. The molecule has 0 radical (unpaired) electrons. The second kappa shape index (κ2) is 5.87. The smallest absolute Gasteiger partial charge is 0.340 e. The average Bonchev–Trinajstić information content (AvgIpc) is 2.48. The van der Waals surface area contributed by atoms with Crippen LogP contribution in [0.25, 0.3) is 0 Å². The molecule has 1 aromatic carbocycles. The molecule has 6 heteroatoms. The standard InChI is InChI=1S/C15H14F2N2O2/c1-10-13(7-12(18)8-19-10)14(20)21-9-15(16,17)11-5-3-2-4-6-11/h2-8H,9,18H2,1H3. The van der Waals surface area contributed by atoms with Gasteiger partial charge in [0.05, 0.1) is 23.1 Å². The van der Waals surface area contributed by atoms with Crippen LogP contribution in [0.3, 0.4) is 0 Å². The van der Waals surface area contributed by atoms with Crippen LogP contribution in [0, 0.1) is 6.92 Å². The van der Waals surface area contributed by atoms with Crippen LogP contribution in [0.2, 0.25) is 0 Å². The second-order valence-corrected chi connectivity index (χ2v) is 4.55. The Bertz CT molecular complexity index is 645. The third kappa shape index (κ3) is 3.53. The van der Waals surface area contributed by atoms with E-state index in [4.69, 9.17) is 10.5 Å². The van der Waals surface area contributed by atoms with Gasteiger partial charge in [-0.3, -0.25) is 4.98 Å². The molecule has 0 fully saturated rings. The summed E-state index contributed by atoms with van der Waals surface area (Å²) in [5, 5.41) is 0. The number of nitrogen functional groups attached to an aromatic ring is 1. The molecule has 110 valence electrons.